The number of aromatic amines is 1. The largest absolute Gasteiger partial charge is 0.444 e. The van der Waals surface area contributed by atoms with E-state index in [0.29, 0.717) is 19.0 Å². The van der Waals surface area contributed by atoms with Gasteiger partial charge in [-0.2, -0.15) is 0 Å². The number of nitrogens with one attached hydrogen (secondary N) is 1. The first-order valence-corrected chi connectivity index (χ1v) is 9.02. The van der Waals surface area contributed by atoms with Crippen molar-refractivity contribution in [2.45, 2.75) is 52.1 Å². The standard InChI is InChI=1S/C17H23BrN4O2/c1-10-12(18)9-19-15-13(10)20-14(21-15)11-5-7-22(8-6-11)16(23)24-17(2,3)4/h9,11H,5-8H2,1-4H3,(H,19,20,21). The van der Waals surface area contributed by atoms with Crippen LogP contribution in [0.3, 0.4) is 0 Å². The number of halogens is 1. The zero-order valence-corrected chi connectivity index (χ0v) is 16.1. The number of fused-ring (bicyclic) bond motifs is 1. The number of imidazole rings is 1. The quantitative estimate of drug-likeness (QED) is 0.788. The molecule has 3 heterocycles. The first-order valence-electron chi connectivity index (χ1n) is 8.23. The number of carbonyl (C=O) groups is 1. The van der Waals surface area contributed by atoms with Gasteiger partial charge < -0.3 is 14.6 Å². The molecule has 7 heteroatoms. The van der Waals surface area contributed by atoms with Crippen LogP contribution in [-0.4, -0.2) is 44.6 Å². The average molecular weight is 395 g/mol. The molecule has 0 spiro atoms. The Kier molecular flexibility index (Phi) is 4.55. The van der Waals surface area contributed by atoms with E-state index in [1.54, 1.807) is 11.1 Å². The number of hydrogen-bond acceptors (Lipinski definition) is 4. The number of hydrogen-bond donors (Lipinski definition) is 1. The fourth-order valence-corrected chi connectivity index (χ4v) is 3.23. The van der Waals surface area contributed by atoms with Crippen LogP contribution in [0, 0.1) is 6.92 Å². The zero-order chi connectivity index (χ0) is 17.5. The number of likely N-dealkylation sites (tertiary alicyclic amines) is 1. The molecule has 0 atom stereocenters. The predicted octanol–water partition coefficient (Wildman–Crippen LogP) is 4.14. The topological polar surface area (TPSA) is 71.1 Å². The monoisotopic (exact) mass is 394 g/mol. The molecule has 0 aromatic carbocycles. The molecule has 2 aromatic rings. The molecule has 3 rings (SSSR count). The molecule has 6 nitrogen and oxygen atoms in total. The van der Waals surface area contributed by atoms with E-state index in [4.69, 9.17) is 4.74 Å². The predicted molar refractivity (Wildman–Crippen MR) is 96.1 cm³/mol. The lowest BCUT2D eigenvalue weighted by molar-refractivity contribution is 0.0203. The van der Waals surface area contributed by atoms with Crippen molar-refractivity contribution in [1.29, 1.82) is 0 Å². The third-order valence-electron chi connectivity index (χ3n) is 4.27. The van der Waals surface area contributed by atoms with E-state index < -0.39 is 5.60 Å². The van der Waals surface area contributed by atoms with Gasteiger partial charge in [-0.3, -0.25) is 0 Å². The summed E-state index contributed by atoms with van der Waals surface area (Å²) in [4.78, 5) is 26.4. The van der Waals surface area contributed by atoms with E-state index in [9.17, 15) is 4.79 Å². The normalized spacial score (nSPS) is 16.6. The summed E-state index contributed by atoms with van der Waals surface area (Å²) in [6.07, 6.45) is 3.30. The third-order valence-corrected chi connectivity index (χ3v) is 5.07. The maximum absolute atomic E-state index is 12.1. The highest BCUT2D eigenvalue weighted by molar-refractivity contribution is 9.10. The molecular weight excluding hydrogens is 372 g/mol. The van der Waals surface area contributed by atoms with Crippen molar-refractivity contribution in [2.75, 3.05) is 13.1 Å². The van der Waals surface area contributed by atoms with Crippen LogP contribution in [0.5, 0.6) is 0 Å². The Labute approximate surface area is 150 Å². The summed E-state index contributed by atoms with van der Waals surface area (Å²) in [6, 6.07) is 0. The molecule has 0 bridgehead atoms. The number of ether oxygens (including phenoxy) is 1. The van der Waals surface area contributed by atoms with Crippen LogP contribution in [0.4, 0.5) is 4.79 Å². The molecular formula is C17H23BrN4O2. The molecule has 1 amide bonds. The Morgan fingerprint density at radius 2 is 2.04 bits per heavy atom. The molecule has 1 aliphatic rings. The third kappa shape index (κ3) is 3.55. The Morgan fingerprint density at radius 1 is 1.38 bits per heavy atom. The lowest BCUT2D eigenvalue weighted by Crippen LogP contribution is -2.41. The van der Waals surface area contributed by atoms with Crippen LogP contribution in [0.1, 0.15) is 50.9 Å². The van der Waals surface area contributed by atoms with E-state index in [-0.39, 0.29) is 6.09 Å². The van der Waals surface area contributed by atoms with Gasteiger partial charge in [0, 0.05) is 29.7 Å². The van der Waals surface area contributed by atoms with Gasteiger partial charge in [0.15, 0.2) is 5.65 Å². The van der Waals surface area contributed by atoms with Crippen LogP contribution in [0.25, 0.3) is 11.2 Å². The first-order chi connectivity index (χ1) is 11.2. The number of nitrogens with zero attached hydrogens (tertiary/aromatic N) is 3. The Hall–Kier alpha value is -1.63. The summed E-state index contributed by atoms with van der Waals surface area (Å²) in [5.74, 6) is 1.28. The molecule has 0 saturated carbocycles. The molecule has 24 heavy (non-hydrogen) atoms. The minimum absolute atomic E-state index is 0.230. The van der Waals surface area contributed by atoms with Crippen molar-refractivity contribution >= 4 is 33.2 Å². The van der Waals surface area contributed by atoms with E-state index in [0.717, 1.165) is 39.9 Å². The van der Waals surface area contributed by atoms with Gasteiger partial charge >= 0.3 is 6.09 Å². The van der Waals surface area contributed by atoms with Gasteiger partial charge in [-0.15, -0.1) is 0 Å². The van der Waals surface area contributed by atoms with Crippen LogP contribution >= 0.6 is 15.9 Å². The molecule has 1 N–H and O–H groups in total. The number of aromatic nitrogens is 3. The molecule has 0 unspecified atom stereocenters. The van der Waals surface area contributed by atoms with E-state index >= 15 is 0 Å². The van der Waals surface area contributed by atoms with Crippen LogP contribution in [-0.2, 0) is 4.74 Å². The summed E-state index contributed by atoms with van der Waals surface area (Å²) >= 11 is 3.50. The van der Waals surface area contributed by atoms with Gasteiger partial charge in [-0.05, 0) is 62.0 Å². The van der Waals surface area contributed by atoms with Gasteiger partial charge in [0.25, 0.3) is 0 Å². The first kappa shape index (κ1) is 17.2. The number of carbonyl (C=O) groups excluding carboxylic acids is 1. The van der Waals surface area contributed by atoms with Gasteiger partial charge in [0.05, 0.1) is 5.52 Å². The molecule has 2 aromatic heterocycles. The number of piperidine rings is 1. The summed E-state index contributed by atoms with van der Waals surface area (Å²) in [7, 11) is 0. The van der Waals surface area contributed by atoms with Gasteiger partial charge in [0.2, 0.25) is 0 Å². The Morgan fingerprint density at radius 3 is 2.67 bits per heavy atom. The number of rotatable bonds is 1. The number of aryl methyl sites for hydroxylation is 1. The second-order valence-electron chi connectivity index (χ2n) is 7.29. The van der Waals surface area contributed by atoms with Gasteiger partial charge in [-0.1, -0.05) is 0 Å². The molecule has 1 fully saturated rings. The fourth-order valence-electron chi connectivity index (χ4n) is 2.93. The highest BCUT2D eigenvalue weighted by Crippen LogP contribution is 2.30. The average Bonchev–Trinajstić information content (AvgIpc) is 2.94. The Balaban J connectivity index is 1.69. The fraction of sp³-hybridized carbons (Fsp3) is 0.588. The Bertz CT molecular complexity index is 758. The molecule has 130 valence electrons. The van der Waals surface area contributed by atoms with Crippen LogP contribution < -0.4 is 0 Å². The van der Waals surface area contributed by atoms with E-state index in [1.807, 2.05) is 27.7 Å². The maximum atomic E-state index is 12.1. The minimum Gasteiger partial charge on any atom is -0.444 e. The second-order valence-corrected chi connectivity index (χ2v) is 8.15. The second kappa shape index (κ2) is 6.35. The highest BCUT2D eigenvalue weighted by Gasteiger charge is 2.29. The van der Waals surface area contributed by atoms with E-state index in [2.05, 4.69) is 30.9 Å². The van der Waals surface area contributed by atoms with Crippen LogP contribution in [0.2, 0.25) is 0 Å². The molecule has 0 radical (unpaired) electrons. The maximum Gasteiger partial charge on any atom is 0.410 e. The SMILES string of the molecule is Cc1c(Br)cnc2nc(C3CCN(C(=O)OC(C)(C)C)CC3)[nH]c12. The van der Waals surface area contributed by atoms with Crippen molar-refractivity contribution in [2.24, 2.45) is 0 Å². The molecule has 1 saturated heterocycles. The lowest BCUT2D eigenvalue weighted by atomic mass is 9.96. The smallest absolute Gasteiger partial charge is 0.410 e. The minimum atomic E-state index is -0.455. The van der Waals surface area contributed by atoms with E-state index in [1.165, 1.54) is 0 Å². The summed E-state index contributed by atoms with van der Waals surface area (Å²) in [6.45, 7) is 9.08. The lowest BCUT2D eigenvalue weighted by Gasteiger charge is -2.32. The summed E-state index contributed by atoms with van der Waals surface area (Å²) in [5, 5.41) is 0. The summed E-state index contributed by atoms with van der Waals surface area (Å²) < 4.78 is 6.42. The van der Waals surface area contributed by atoms with Crippen molar-refractivity contribution in [3.05, 3.63) is 22.1 Å². The van der Waals surface area contributed by atoms with Gasteiger partial charge in [0.1, 0.15) is 11.4 Å². The number of pyridine rings is 1. The highest BCUT2D eigenvalue weighted by atomic mass is 79.9. The number of H-pyrrole nitrogens is 1. The van der Waals surface area contributed by atoms with Crippen LogP contribution in [0.15, 0.2) is 10.7 Å². The van der Waals surface area contributed by atoms with Crippen molar-refractivity contribution in [3.8, 4) is 0 Å². The van der Waals surface area contributed by atoms with Crippen molar-refractivity contribution < 1.29 is 9.53 Å². The summed E-state index contributed by atoms with van der Waals surface area (Å²) in [5.41, 5.74) is 2.39. The number of amides is 1. The zero-order valence-electron chi connectivity index (χ0n) is 14.5. The molecule has 1 aliphatic heterocycles. The molecule has 0 aliphatic carbocycles. The van der Waals surface area contributed by atoms with Crippen molar-refractivity contribution in [1.82, 2.24) is 19.9 Å². The van der Waals surface area contributed by atoms with Crippen molar-refractivity contribution in [3.63, 3.8) is 0 Å². The van der Waals surface area contributed by atoms with Gasteiger partial charge in [-0.25, -0.2) is 14.8 Å².